The van der Waals surface area contributed by atoms with Crippen LogP contribution in [0.1, 0.15) is 16.7 Å². The molecule has 4 rings (SSSR count). The Morgan fingerprint density at radius 3 is 2.56 bits per heavy atom. The highest BCUT2D eigenvalue weighted by Gasteiger charge is 2.37. The van der Waals surface area contributed by atoms with Gasteiger partial charge in [-0.15, -0.1) is 0 Å². The van der Waals surface area contributed by atoms with Gasteiger partial charge in [0.2, 0.25) is 5.95 Å². The standard InChI is InChI=1S/C20H21F3N8O2S/c1-31(18-16(25-5-6-26-18)28-11-34(2,32)33)17-15(20(21,22)23)10-27-19(30-17)29-14-4-3-12-8-24-9-13(12)7-14/h3-7,10,24H,8-9,11H2,1-2H3,(H,25,28)(H,27,29,30). The average molecular weight is 495 g/mol. The van der Waals surface area contributed by atoms with E-state index in [1.54, 1.807) is 6.07 Å². The smallest absolute Gasteiger partial charge is 0.353 e. The van der Waals surface area contributed by atoms with Crippen LogP contribution in [0.25, 0.3) is 0 Å². The van der Waals surface area contributed by atoms with Crippen molar-refractivity contribution in [2.24, 2.45) is 0 Å². The number of hydrogen-bond acceptors (Lipinski definition) is 10. The fraction of sp³-hybridized carbons (Fsp3) is 0.300. The fourth-order valence-electron chi connectivity index (χ4n) is 3.39. The minimum atomic E-state index is -4.75. The molecule has 0 amide bonds. The number of rotatable bonds is 7. The zero-order valence-corrected chi connectivity index (χ0v) is 19.0. The maximum absolute atomic E-state index is 13.8. The summed E-state index contributed by atoms with van der Waals surface area (Å²) in [5.74, 6) is -1.04. The summed E-state index contributed by atoms with van der Waals surface area (Å²) in [7, 11) is -2.09. The van der Waals surface area contributed by atoms with Gasteiger partial charge < -0.3 is 20.9 Å². The first-order valence-electron chi connectivity index (χ1n) is 10.0. The number of sulfone groups is 1. The number of fused-ring (bicyclic) bond motifs is 1. The van der Waals surface area contributed by atoms with Gasteiger partial charge in [-0.25, -0.2) is 23.4 Å². The molecule has 0 radical (unpaired) electrons. The largest absolute Gasteiger partial charge is 0.421 e. The molecule has 3 N–H and O–H groups in total. The van der Waals surface area contributed by atoms with Crippen molar-refractivity contribution >= 4 is 38.9 Å². The molecule has 1 aliphatic rings. The molecule has 0 saturated carbocycles. The lowest BCUT2D eigenvalue weighted by Crippen LogP contribution is -2.22. The van der Waals surface area contributed by atoms with Crippen molar-refractivity contribution in [2.45, 2.75) is 19.3 Å². The van der Waals surface area contributed by atoms with Crippen molar-refractivity contribution in [1.82, 2.24) is 25.3 Å². The molecule has 0 saturated heterocycles. The molecular weight excluding hydrogens is 473 g/mol. The van der Waals surface area contributed by atoms with E-state index in [0.29, 0.717) is 18.4 Å². The number of halogens is 3. The van der Waals surface area contributed by atoms with Gasteiger partial charge in [0, 0.05) is 50.7 Å². The second kappa shape index (κ2) is 9.02. The molecule has 0 spiro atoms. The van der Waals surface area contributed by atoms with E-state index in [2.05, 4.69) is 35.9 Å². The maximum Gasteiger partial charge on any atom is 0.421 e. The minimum absolute atomic E-state index is 0.0113. The van der Waals surface area contributed by atoms with Crippen molar-refractivity contribution in [1.29, 1.82) is 0 Å². The summed E-state index contributed by atoms with van der Waals surface area (Å²) in [6.45, 7) is 1.46. The van der Waals surface area contributed by atoms with E-state index in [1.807, 2.05) is 12.1 Å². The fourth-order valence-corrected chi connectivity index (χ4v) is 3.79. The highest BCUT2D eigenvalue weighted by Crippen LogP contribution is 2.38. The van der Waals surface area contributed by atoms with E-state index in [4.69, 9.17) is 0 Å². The molecule has 3 heterocycles. The van der Waals surface area contributed by atoms with Crippen LogP contribution in [0.2, 0.25) is 0 Å². The normalized spacial score (nSPS) is 13.4. The van der Waals surface area contributed by atoms with Crippen LogP contribution in [-0.4, -0.2) is 47.5 Å². The highest BCUT2D eigenvalue weighted by molar-refractivity contribution is 7.90. The molecule has 2 aromatic heterocycles. The van der Waals surface area contributed by atoms with E-state index < -0.39 is 33.3 Å². The van der Waals surface area contributed by atoms with Crippen LogP contribution >= 0.6 is 0 Å². The Balaban J connectivity index is 1.70. The van der Waals surface area contributed by atoms with Crippen molar-refractivity contribution in [3.63, 3.8) is 0 Å². The summed E-state index contributed by atoms with van der Waals surface area (Å²) >= 11 is 0. The number of nitrogens with one attached hydrogen (secondary N) is 3. The van der Waals surface area contributed by atoms with Gasteiger partial charge in [-0.05, 0) is 23.3 Å². The Morgan fingerprint density at radius 2 is 1.82 bits per heavy atom. The minimum Gasteiger partial charge on any atom is -0.353 e. The summed E-state index contributed by atoms with van der Waals surface area (Å²) in [4.78, 5) is 17.1. The summed E-state index contributed by atoms with van der Waals surface area (Å²) in [5, 5.41) is 8.76. The number of hydrogen-bond donors (Lipinski definition) is 3. The number of alkyl halides is 3. The first-order valence-corrected chi connectivity index (χ1v) is 12.1. The molecule has 0 bridgehead atoms. The third kappa shape index (κ3) is 5.34. The Hall–Kier alpha value is -3.52. The lowest BCUT2D eigenvalue weighted by atomic mass is 10.1. The summed E-state index contributed by atoms with van der Waals surface area (Å²) < 4.78 is 64.4. The third-order valence-corrected chi connectivity index (χ3v) is 5.65. The van der Waals surface area contributed by atoms with Crippen LogP contribution < -0.4 is 20.9 Å². The lowest BCUT2D eigenvalue weighted by Gasteiger charge is -2.23. The predicted octanol–water partition coefficient (Wildman–Crippen LogP) is 2.81. The lowest BCUT2D eigenvalue weighted by molar-refractivity contribution is -0.137. The molecule has 3 aromatic rings. The van der Waals surface area contributed by atoms with Crippen molar-refractivity contribution in [3.8, 4) is 0 Å². The van der Waals surface area contributed by atoms with Crippen LogP contribution in [0.5, 0.6) is 0 Å². The maximum atomic E-state index is 13.8. The van der Waals surface area contributed by atoms with E-state index in [1.165, 1.54) is 19.4 Å². The van der Waals surface area contributed by atoms with Crippen LogP contribution in [0.15, 0.2) is 36.8 Å². The first-order chi connectivity index (χ1) is 16.0. The predicted molar refractivity (Wildman–Crippen MR) is 121 cm³/mol. The zero-order chi connectivity index (χ0) is 24.5. The van der Waals surface area contributed by atoms with Crippen LogP contribution in [0.4, 0.5) is 42.3 Å². The second-order valence-corrected chi connectivity index (χ2v) is 9.82. The molecule has 1 aliphatic heterocycles. The van der Waals surface area contributed by atoms with Crippen LogP contribution in [0, 0.1) is 0 Å². The Kier molecular flexibility index (Phi) is 6.27. The SMILES string of the molecule is CN(c1nc(Nc2ccc3c(c2)CNC3)ncc1C(F)(F)F)c1nccnc1NCS(C)(=O)=O. The van der Waals surface area contributed by atoms with E-state index in [9.17, 15) is 21.6 Å². The molecular formula is C20H21F3N8O2S. The highest BCUT2D eigenvalue weighted by atomic mass is 32.2. The molecule has 14 heteroatoms. The van der Waals surface area contributed by atoms with Crippen LogP contribution in [-0.2, 0) is 29.1 Å². The number of benzene rings is 1. The van der Waals surface area contributed by atoms with E-state index in [0.717, 1.165) is 28.8 Å². The molecule has 0 fully saturated rings. The Labute approximate surface area is 193 Å². The summed E-state index contributed by atoms with van der Waals surface area (Å²) in [6, 6.07) is 5.61. The van der Waals surface area contributed by atoms with Gasteiger partial charge in [0.15, 0.2) is 27.3 Å². The molecule has 0 aliphatic carbocycles. The van der Waals surface area contributed by atoms with Crippen molar-refractivity contribution in [3.05, 3.63) is 53.5 Å². The summed E-state index contributed by atoms with van der Waals surface area (Å²) in [5.41, 5.74) is 1.77. The van der Waals surface area contributed by atoms with Gasteiger partial charge in [0.1, 0.15) is 11.4 Å². The molecule has 0 atom stereocenters. The van der Waals surface area contributed by atoms with Gasteiger partial charge in [0.25, 0.3) is 0 Å². The van der Waals surface area contributed by atoms with Crippen molar-refractivity contribution in [2.75, 3.05) is 34.7 Å². The summed E-state index contributed by atoms with van der Waals surface area (Å²) in [6.07, 6.45) is -0.467. The molecule has 1 aromatic carbocycles. The molecule has 0 unspecified atom stereocenters. The Morgan fingerprint density at radius 1 is 1.09 bits per heavy atom. The van der Waals surface area contributed by atoms with Gasteiger partial charge in [-0.2, -0.15) is 18.2 Å². The quantitative estimate of drug-likeness (QED) is 0.452. The molecule has 180 valence electrons. The van der Waals surface area contributed by atoms with E-state index in [-0.39, 0.29) is 17.6 Å². The molecule has 34 heavy (non-hydrogen) atoms. The van der Waals surface area contributed by atoms with Gasteiger partial charge in [-0.1, -0.05) is 6.07 Å². The van der Waals surface area contributed by atoms with Gasteiger partial charge in [-0.3, -0.25) is 0 Å². The first kappa shape index (κ1) is 23.6. The average Bonchev–Trinajstić information content (AvgIpc) is 3.24. The third-order valence-electron chi connectivity index (χ3n) is 4.98. The van der Waals surface area contributed by atoms with Gasteiger partial charge >= 0.3 is 6.18 Å². The zero-order valence-electron chi connectivity index (χ0n) is 18.2. The molecule has 10 nitrogen and oxygen atoms in total. The van der Waals surface area contributed by atoms with Crippen molar-refractivity contribution < 1.29 is 21.6 Å². The Bertz CT molecular complexity index is 1320. The van der Waals surface area contributed by atoms with Crippen LogP contribution in [0.3, 0.4) is 0 Å². The second-order valence-electron chi connectivity index (χ2n) is 7.68. The van der Waals surface area contributed by atoms with Gasteiger partial charge in [0.05, 0.1) is 0 Å². The topological polar surface area (TPSA) is 125 Å². The number of nitrogens with zero attached hydrogens (tertiary/aromatic N) is 5. The number of anilines is 5. The van der Waals surface area contributed by atoms with E-state index >= 15 is 0 Å². The monoisotopic (exact) mass is 494 g/mol. The number of aromatic nitrogens is 4.